The molecule has 118 valence electrons. The van der Waals surface area contributed by atoms with E-state index in [0.29, 0.717) is 16.1 Å². The van der Waals surface area contributed by atoms with Crippen molar-refractivity contribution in [2.75, 3.05) is 5.43 Å². The summed E-state index contributed by atoms with van der Waals surface area (Å²) in [5, 5.41) is 2.52. The van der Waals surface area contributed by atoms with Gasteiger partial charge in [0.05, 0.1) is 10.3 Å². The molecule has 0 saturated heterocycles. The van der Waals surface area contributed by atoms with Gasteiger partial charge in [-0.25, -0.2) is 9.66 Å². The molecule has 0 spiro atoms. The Bertz CT molecular complexity index is 954. The maximum Gasteiger partial charge on any atom is 0.281 e. The van der Waals surface area contributed by atoms with Gasteiger partial charge < -0.3 is 0 Å². The molecule has 23 heavy (non-hydrogen) atoms. The highest BCUT2D eigenvalue weighted by Gasteiger charge is 2.22. The molecule has 0 saturated carbocycles. The normalized spacial score (nSPS) is 14.0. The number of hydrogen-bond donors (Lipinski definition) is 1. The van der Waals surface area contributed by atoms with Crippen molar-refractivity contribution in [3.05, 3.63) is 49.0 Å². The Morgan fingerprint density at radius 1 is 1.35 bits per heavy atom. The summed E-state index contributed by atoms with van der Waals surface area (Å²) in [7, 11) is 0. The number of nitrogens with zero attached hydrogens (tertiary/aromatic N) is 2. The van der Waals surface area contributed by atoms with Crippen molar-refractivity contribution in [1.82, 2.24) is 9.66 Å². The van der Waals surface area contributed by atoms with E-state index in [1.165, 1.54) is 27.3 Å². The summed E-state index contributed by atoms with van der Waals surface area (Å²) in [6, 6.07) is 3.55. The Labute approximate surface area is 140 Å². The molecule has 4 rings (SSSR count). The number of fused-ring (bicyclic) bond motifs is 3. The fourth-order valence-corrected chi connectivity index (χ4v) is 4.91. The number of aromatic nitrogens is 2. The molecule has 1 aliphatic carbocycles. The molecule has 1 N–H and O–H groups in total. The van der Waals surface area contributed by atoms with Crippen LogP contribution in [-0.4, -0.2) is 15.6 Å². The van der Waals surface area contributed by atoms with Crippen LogP contribution in [0, 0.1) is 6.92 Å². The number of aryl methyl sites for hydroxylation is 3. The predicted octanol–water partition coefficient (Wildman–Crippen LogP) is 3.09. The largest absolute Gasteiger partial charge is 0.281 e. The fourth-order valence-electron chi connectivity index (χ4n) is 3.00. The molecule has 0 bridgehead atoms. The topological polar surface area (TPSA) is 64.0 Å². The van der Waals surface area contributed by atoms with Gasteiger partial charge in [-0.05, 0) is 49.6 Å². The van der Waals surface area contributed by atoms with Crippen molar-refractivity contribution in [3.8, 4) is 0 Å². The summed E-state index contributed by atoms with van der Waals surface area (Å²) in [5.41, 5.74) is 3.65. The molecule has 0 aromatic carbocycles. The summed E-state index contributed by atoms with van der Waals surface area (Å²) in [6.45, 7) is 1.74. The van der Waals surface area contributed by atoms with Gasteiger partial charge in [0.1, 0.15) is 10.7 Å². The monoisotopic (exact) mass is 345 g/mol. The standard InChI is InChI=1S/C16H15N3O2S2/c1-9-17-15-13(10-5-2-3-6-11(10)23-15)16(21)19(9)18-14(20)12-7-4-8-22-12/h4,7-8H,2-3,5-6H2,1H3,(H,18,20). The lowest BCUT2D eigenvalue weighted by molar-refractivity contribution is 0.101. The lowest BCUT2D eigenvalue weighted by Gasteiger charge is -2.12. The Kier molecular flexibility index (Phi) is 3.54. The third-order valence-electron chi connectivity index (χ3n) is 4.11. The second-order valence-corrected chi connectivity index (χ2v) is 7.64. The maximum absolute atomic E-state index is 12.9. The number of hydrogen-bond acceptors (Lipinski definition) is 5. The van der Waals surface area contributed by atoms with E-state index in [-0.39, 0.29) is 11.5 Å². The van der Waals surface area contributed by atoms with Crippen LogP contribution >= 0.6 is 22.7 Å². The minimum absolute atomic E-state index is 0.170. The number of thiophene rings is 2. The fraction of sp³-hybridized carbons (Fsp3) is 0.312. The van der Waals surface area contributed by atoms with Crippen molar-refractivity contribution < 1.29 is 4.79 Å². The van der Waals surface area contributed by atoms with Crippen LogP contribution < -0.4 is 11.0 Å². The van der Waals surface area contributed by atoms with Crippen LogP contribution in [0.3, 0.4) is 0 Å². The van der Waals surface area contributed by atoms with E-state index in [0.717, 1.165) is 29.7 Å². The lowest BCUT2D eigenvalue weighted by atomic mass is 9.97. The van der Waals surface area contributed by atoms with Gasteiger partial charge in [-0.2, -0.15) is 0 Å². The Morgan fingerprint density at radius 2 is 2.17 bits per heavy atom. The van der Waals surface area contributed by atoms with Crippen LogP contribution in [-0.2, 0) is 12.8 Å². The van der Waals surface area contributed by atoms with Crippen LogP contribution in [0.5, 0.6) is 0 Å². The molecular weight excluding hydrogens is 330 g/mol. The van der Waals surface area contributed by atoms with Gasteiger partial charge in [0.25, 0.3) is 11.5 Å². The highest BCUT2D eigenvalue weighted by Crippen LogP contribution is 2.33. The zero-order valence-electron chi connectivity index (χ0n) is 12.6. The molecule has 7 heteroatoms. The molecule has 0 unspecified atom stereocenters. The molecule has 3 aromatic rings. The highest BCUT2D eigenvalue weighted by atomic mass is 32.1. The van der Waals surface area contributed by atoms with Gasteiger partial charge in [0.15, 0.2) is 0 Å². The van der Waals surface area contributed by atoms with Crippen molar-refractivity contribution in [3.63, 3.8) is 0 Å². The van der Waals surface area contributed by atoms with E-state index in [4.69, 9.17) is 0 Å². The van der Waals surface area contributed by atoms with E-state index < -0.39 is 0 Å². The van der Waals surface area contributed by atoms with Gasteiger partial charge in [-0.1, -0.05) is 6.07 Å². The first kappa shape index (κ1) is 14.6. The smallest absolute Gasteiger partial charge is 0.267 e. The first-order valence-corrected chi connectivity index (χ1v) is 9.23. The van der Waals surface area contributed by atoms with E-state index in [9.17, 15) is 9.59 Å². The van der Waals surface area contributed by atoms with E-state index >= 15 is 0 Å². The molecule has 3 aromatic heterocycles. The first-order chi connectivity index (χ1) is 11.1. The minimum atomic E-state index is -0.282. The molecule has 0 radical (unpaired) electrons. The summed E-state index contributed by atoms with van der Waals surface area (Å²) in [4.78, 5) is 32.3. The lowest BCUT2D eigenvalue weighted by Crippen LogP contribution is -2.35. The van der Waals surface area contributed by atoms with Gasteiger partial charge in [0, 0.05) is 4.88 Å². The molecule has 1 aliphatic rings. The second kappa shape index (κ2) is 5.58. The number of rotatable bonds is 2. The molecule has 0 atom stereocenters. The minimum Gasteiger partial charge on any atom is -0.267 e. The van der Waals surface area contributed by atoms with Gasteiger partial charge in [0.2, 0.25) is 0 Å². The van der Waals surface area contributed by atoms with Crippen LogP contribution in [0.1, 0.15) is 38.8 Å². The highest BCUT2D eigenvalue weighted by molar-refractivity contribution is 7.18. The van der Waals surface area contributed by atoms with Gasteiger partial charge >= 0.3 is 0 Å². The average Bonchev–Trinajstić information content (AvgIpc) is 3.18. The molecule has 5 nitrogen and oxygen atoms in total. The van der Waals surface area contributed by atoms with Gasteiger partial charge in [-0.15, -0.1) is 22.7 Å². The van der Waals surface area contributed by atoms with Gasteiger partial charge in [-0.3, -0.25) is 15.0 Å². The average molecular weight is 345 g/mol. The predicted molar refractivity (Wildman–Crippen MR) is 93.3 cm³/mol. The Balaban J connectivity index is 1.84. The van der Waals surface area contributed by atoms with E-state index in [2.05, 4.69) is 10.4 Å². The summed E-state index contributed by atoms with van der Waals surface area (Å²) in [6.07, 6.45) is 4.22. The third kappa shape index (κ3) is 2.40. The van der Waals surface area contributed by atoms with Crippen molar-refractivity contribution in [2.45, 2.75) is 32.6 Å². The number of nitrogens with one attached hydrogen (secondary N) is 1. The summed E-state index contributed by atoms with van der Waals surface area (Å²) >= 11 is 2.96. The molecule has 3 heterocycles. The molecule has 0 aliphatic heterocycles. The molecule has 1 amide bonds. The zero-order valence-corrected chi connectivity index (χ0v) is 14.2. The maximum atomic E-state index is 12.9. The molecule has 0 fully saturated rings. The SMILES string of the molecule is Cc1nc2sc3c(c2c(=O)n1NC(=O)c1cccs1)CCCC3. The number of amides is 1. The number of carbonyl (C=O) groups excluding carboxylic acids is 1. The van der Waals surface area contributed by atoms with Crippen molar-refractivity contribution >= 4 is 38.8 Å². The quantitative estimate of drug-likeness (QED) is 0.776. The zero-order chi connectivity index (χ0) is 16.0. The van der Waals surface area contributed by atoms with Crippen molar-refractivity contribution in [2.24, 2.45) is 0 Å². The summed E-state index contributed by atoms with van der Waals surface area (Å²) in [5.74, 6) is 0.224. The van der Waals surface area contributed by atoms with Crippen LogP contribution in [0.2, 0.25) is 0 Å². The first-order valence-electron chi connectivity index (χ1n) is 7.54. The number of carbonyl (C=O) groups is 1. The summed E-state index contributed by atoms with van der Waals surface area (Å²) < 4.78 is 1.28. The third-order valence-corrected chi connectivity index (χ3v) is 6.17. The van der Waals surface area contributed by atoms with Crippen LogP contribution in [0.25, 0.3) is 10.2 Å². The second-order valence-electron chi connectivity index (χ2n) is 5.61. The van der Waals surface area contributed by atoms with E-state index in [1.54, 1.807) is 24.3 Å². The van der Waals surface area contributed by atoms with E-state index in [1.807, 2.05) is 11.4 Å². The molecular formula is C16H15N3O2S2. The van der Waals surface area contributed by atoms with Crippen molar-refractivity contribution in [1.29, 1.82) is 0 Å². The van der Waals surface area contributed by atoms with Crippen LogP contribution in [0.4, 0.5) is 0 Å². The van der Waals surface area contributed by atoms with Crippen LogP contribution in [0.15, 0.2) is 22.3 Å². The Hall–Kier alpha value is -1.99. The Morgan fingerprint density at radius 3 is 2.96 bits per heavy atom.